The highest BCUT2D eigenvalue weighted by atomic mass is 79.9. The molecule has 0 spiro atoms. The first-order valence-corrected chi connectivity index (χ1v) is 10.4. The Morgan fingerprint density at radius 1 is 1.07 bits per heavy atom. The second-order valence-electron chi connectivity index (χ2n) is 6.88. The van der Waals surface area contributed by atoms with Crippen molar-refractivity contribution in [2.45, 2.75) is 6.42 Å². The molecule has 3 heterocycles. The molecule has 150 valence electrons. The third kappa shape index (κ3) is 3.86. The first-order valence-electron chi connectivity index (χ1n) is 9.24. The monoisotopic (exact) mass is 476 g/mol. The van der Waals surface area contributed by atoms with Gasteiger partial charge in [-0.1, -0.05) is 27.5 Å². The highest BCUT2D eigenvalue weighted by Gasteiger charge is 2.36. The number of halogens is 2. The van der Waals surface area contributed by atoms with Crippen LogP contribution in [0.4, 0.5) is 5.82 Å². The van der Waals surface area contributed by atoms with E-state index >= 15 is 0 Å². The molecule has 1 fully saturated rings. The molecule has 1 aromatic carbocycles. The number of pyridine rings is 1. The summed E-state index contributed by atoms with van der Waals surface area (Å²) < 4.78 is 0.737. The lowest BCUT2D eigenvalue weighted by Crippen LogP contribution is -2.49. The molecule has 3 amide bonds. The molecule has 29 heavy (non-hydrogen) atoms. The maximum absolute atomic E-state index is 12.6. The third-order valence-electron chi connectivity index (χ3n) is 5.15. The van der Waals surface area contributed by atoms with Crippen LogP contribution in [-0.2, 0) is 4.79 Å². The molecule has 0 saturated carbocycles. The maximum atomic E-state index is 12.6. The van der Waals surface area contributed by atoms with Crippen molar-refractivity contribution in [3.63, 3.8) is 0 Å². The first-order chi connectivity index (χ1) is 14.0. The topological polar surface area (TPSA) is 73.8 Å². The van der Waals surface area contributed by atoms with Crippen molar-refractivity contribution in [2.75, 3.05) is 37.6 Å². The fraction of sp³-hybridized carbons (Fsp3) is 0.300. The van der Waals surface area contributed by atoms with E-state index in [-0.39, 0.29) is 30.7 Å². The van der Waals surface area contributed by atoms with Crippen LogP contribution in [0.15, 0.2) is 41.0 Å². The first kappa shape index (κ1) is 19.8. The molecular formula is C20H18BrClN4O3. The molecule has 0 aliphatic carbocycles. The van der Waals surface area contributed by atoms with E-state index in [1.165, 1.54) is 0 Å². The average molecular weight is 478 g/mol. The van der Waals surface area contributed by atoms with Crippen molar-refractivity contribution in [2.24, 2.45) is 0 Å². The third-order valence-corrected chi connectivity index (χ3v) is 5.94. The van der Waals surface area contributed by atoms with E-state index in [1.807, 2.05) is 4.90 Å². The van der Waals surface area contributed by atoms with Gasteiger partial charge in [-0.25, -0.2) is 4.98 Å². The number of piperazine rings is 1. The number of benzene rings is 1. The van der Waals surface area contributed by atoms with Crippen LogP contribution in [0.3, 0.4) is 0 Å². The molecule has 0 radical (unpaired) electrons. The van der Waals surface area contributed by atoms with Gasteiger partial charge in [0.2, 0.25) is 5.91 Å². The van der Waals surface area contributed by atoms with E-state index in [1.54, 1.807) is 41.4 Å². The standard InChI is InChI=1S/C20H18BrClN4O3/c21-13-3-4-14-15(12-13)20(29)26(19(14)28)7-5-17(27)24-8-10-25(11-9-24)18-16(22)2-1-6-23-18/h1-4,6,12H,5,7-11H2. The molecule has 0 N–H and O–H groups in total. The van der Waals surface area contributed by atoms with Gasteiger partial charge in [0.05, 0.1) is 16.1 Å². The predicted molar refractivity (Wildman–Crippen MR) is 112 cm³/mol. The quantitative estimate of drug-likeness (QED) is 0.633. The number of carbonyl (C=O) groups excluding carboxylic acids is 3. The fourth-order valence-electron chi connectivity index (χ4n) is 3.61. The Bertz CT molecular complexity index is 991. The van der Waals surface area contributed by atoms with Gasteiger partial charge in [0.25, 0.3) is 11.8 Å². The SMILES string of the molecule is O=C(CCN1C(=O)c2ccc(Br)cc2C1=O)N1CCN(c2ncccc2Cl)CC1. The lowest BCUT2D eigenvalue weighted by molar-refractivity contribution is -0.131. The van der Waals surface area contributed by atoms with Gasteiger partial charge in [-0.15, -0.1) is 0 Å². The number of rotatable bonds is 4. The highest BCUT2D eigenvalue weighted by molar-refractivity contribution is 9.10. The minimum Gasteiger partial charge on any atom is -0.352 e. The number of hydrogen-bond acceptors (Lipinski definition) is 5. The summed E-state index contributed by atoms with van der Waals surface area (Å²) in [6, 6.07) is 8.57. The minimum atomic E-state index is -0.353. The Morgan fingerprint density at radius 3 is 2.52 bits per heavy atom. The van der Waals surface area contributed by atoms with Gasteiger partial charge in [0.15, 0.2) is 0 Å². The highest BCUT2D eigenvalue weighted by Crippen LogP contribution is 2.26. The summed E-state index contributed by atoms with van der Waals surface area (Å²) >= 11 is 9.51. The Hall–Kier alpha value is -2.45. The van der Waals surface area contributed by atoms with Crippen molar-refractivity contribution in [1.82, 2.24) is 14.8 Å². The van der Waals surface area contributed by atoms with Gasteiger partial charge in [-0.3, -0.25) is 19.3 Å². The maximum Gasteiger partial charge on any atom is 0.261 e. The summed E-state index contributed by atoms with van der Waals surface area (Å²) in [5.41, 5.74) is 0.754. The van der Waals surface area contributed by atoms with E-state index in [2.05, 4.69) is 20.9 Å². The molecule has 0 atom stereocenters. The second-order valence-corrected chi connectivity index (χ2v) is 8.20. The molecule has 0 bridgehead atoms. The number of imide groups is 1. The normalized spacial score (nSPS) is 16.4. The van der Waals surface area contributed by atoms with E-state index in [9.17, 15) is 14.4 Å². The molecular weight excluding hydrogens is 460 g/mol. The van der Waals surface area contributed by atoms with Crippen LogP contribution >= 0.6 is 27.5 Å². The van der Waals surface area contributed by atoms with E-state index in [0.29, 0.717) is 42.3 Å². The van der Waals surface area contributed by atoms with Crippen LogP contribution in [0, 0.1) is 0 Å². The largest absolute Gasteiger partial charge is 0.352 e. The molecule has 7 nitrogen and oxygen atoms in total. The molecule has 1 saturated heterocycles. The van der Waals surface area contributed by atoms with Gasteiger partial charge < -0.3 is 9.80 Å². The fourth-order valence-corrected chi connectivity index (χ4v) is 4.21. The Morgan fingerprint density at radius 2 is 1.79 bits per heavy atom. The molecule has 1 aromatic heterocycles. The van der Waals surface area contributed by atoms with Gasteiger partial charge in [0, 0.05) is 49.8 Å². The van der Waals surface area contributed by atoms with Gasteiger partial charge in [-0.2, -0.15) is 0 Å². The average Bonchev–Trinajstić information content (AvgIpc) is 2.96. The second kappa shape index (κ2) is 8.12. The molecule has 2 aliphatic heterocycles. The van der Waals surface area contributed by atoms with Crippen LogP contribution in [0.2, 0.25) is 5.02 Å². The minimum absolute atomic E-state index is 0.0745. The van der Waals surface area contributed by atoms with Crippen molar-refractivity contribution in [3.8, 4) is 0 Å². The van der Waals surface area contributed by atoms with Gasteiger partial charge in [-0.05, 0) is 30.3 Å². The van der Waals surface area contributed by atoms with Crippen molar-refractivity contribution in [1.29, 1.82) is 0 Å². The molecule has 9 heteroatoms. The molecule has 2 aliphatic rings. The van der Waals surface area contributed by atoms with Gasteiger partial charge in [0.1, 0.15) is 5.82 Å². The number of aromatic nitrogens is 1. The molecule has 2 aromatic rings. The van der Waals surface area contributed by atoms with E-state index in [0.717, 1.165) is 15.2 Å². The zero-order chi connectivity index (χ0) is 20.5. The Kier molecular flexibility index (Phi) is 5.56. The number of amides is 3. The zero-order valence-corrected chi connectivity index (χ0v) is 17.8. The van der Waals surface area contributed by atoms with Crippen LogP contribution in [0.5, 0.6) is 0 Å². The summed E-state index contributed by atoms with van der Waals surface area (Å²) in [5.74, 6) is -0.0541. The van der Waals surface area contributed by atoms with Crippen LogP contribution in [0.25, 0.3) is 0 Å². The number of fused-ring (bicyclic) bond motifs is 1. The number of hydrogen-bond donors (Lipinski definition) is 0. The summed E-state index contributed by atoms with van der Waals surface area (Å²) in [5, 5.41) is 0.588. The number of anilines is 1. The van der Waals surface area contributed by atoms with Crippen molar-refractivity contribution < 1.29 is 14.4 Å². The lowest BCUT2D eigenvalue weighted by Gasteiger charge is -2.36. The predicted octanol–water partition coefficient (Wildman–Crippen LogP) is 2.83. The van der Waals surface area contributed by atoms with Crippen LogP contribution in [0.1, 0.15) is 27.1 Å². The lowest BCUT2D eigenvalue weighted by atomic mass is 10.1. The van der Waals surface area contributed by atoms with E-state index in [4.69, 9.17) is 11.6 Å². The summed E-state index contributed by atoms with van der Waals surface area (Å²) in [7, 11) is 0. The zero-order valence-electron chi connectivity index (χ0n) is 15.5. The smallest absolute Gasteiger partial charge is 0.261 e. The number of carbonyl (C=O) groups is 3. The number of nitrogens with zero attached hydrogens (tertiary/aromatic N) is 4. The Balaban J connectivity index is 1.33. The molecule has 0 unspecified atom stereocenters. The molecule has 4 rings (SSSR count). The Labute approximate surface area is 181 Å². The van der Waals surface area contributed by atoms with Crippen LogP contribution < -0.4 is 4.90 Å². The van der Waals surface area contributed by atoms with Crippen LogP contribution in [-0.4, -0.2) is 65.2 Å². The van der Waals surface area contributed by atoms with Crippen molar-refractivity contribution in [3.05, 3.63) is 57.2 Å². The van der Waals surface area contributed by atoms with Crippen molar-refractivity contribution >= 4 is 51.1 Å². The summed E-state index contributed by atoms with van der Waals surface area (Å²) in [6.07, 6.45) is 1.80. The van der Waals surface area contributed by atoms with E-state index < -0.39 is 0 Å². The summed E-state index contributed by atoms with van der Waals surface area (Å²) in [6.45, 7) is 2.42. The summed E-state index contributed by atoms with van der Waals surface area (Å²) in [4.78, 5) is 46.9. The van der Waals surface area contributed by atoms with Gasteiger partial charge >= 0.3 is 0 Å².